The minimum absolute atomic E-state index is 0.234. The SMILES string of the molecule is [N-]=[N+]=NCC(COc1ccc(Br)cc1)OCC#CC1CC1. The molecule has 0 aromatic heterocycles. The van der Waals surface area contributed by atoms with E-state index in [9.17, 15) is 0 Å². The van der Waals surface area contributed by atoms with Crippen molar-refractivity contribution in [3.8, 4) is 17.6 Å². The third-order valence-corrected chi connectivity index (χ3v) is 3.40. The first kappa shape index (κ1) is 15.7. The molecule has 0 heterocycles. The lowest BCUT2D eigenvalue weighted by Gasteiger charge is -2.15. The molecule has 0 spiro atoms. The van der Waals surface area contributed by atoms with Crippen LogP contribution in [0.15, 0.2) is 33.9 Å². The number of benzene rings is 1. The zero-order valence-electron chi connectivity index (χ0n) is 11.5. The van der Waals surface area contributed by atoms with Crippen molar-refractivity contribution in [3.05, 3.63) is 39.2 Å². The highest BCUT2D eigenvalue weighted by Gasteiger charge is 2.17. The third kappa shape index (κ3) is 6.54. The van der Waals surface area contributed by atoms with Crippen molar-refractivity contribution < 1.29 is 9.47 Å². The third-order valence-electron chi connectivity index (χ3n) is 2.87. The first-order chi connectivity index (χ1) is 10.3. The van der Waals surface area contributed by atoms with E-state index >= 15 is 0 Å². The van der Waals surface area contributed by atoms with Crippen molar-refractivity contribution in [1.29, 1.82) is 0 Å². The summed E-state index contributed by atoms with van der Waals surface area (Å²) in [4.78, 5) is 2.76. The van der Waals surface area contributed by atoms with Crippen molar-refractivity contribution in [2.45, 2.75) is 18.9 Å². The molecular formula is C15H16BrN3O2. The molecule has 1 fully saturated rings. The Hall–Kier alpha value is -1.67. The summed E-state index contributed by atoms with van der Waals surface area (Å²) >= 11 is 3.37. The highest BCUT2D eigenvalue weighted by atomic mass is 79.9. The number of azide groups is 1. The van der Waals surface area contributed by atoms with E-state index in [0.717, 1.165) is 10.2 Å². The van der Waals surface area contributed by atoms with Gasteiger partial charge in [0.2, 0.25) is 0 Å². The molecule has 21 heavy (non-hydrogen) atoms. The quantitative estimate of drug-likeness (QED) is 0.324. The molecule has 2 rings (SSSR count). The monoisotopic (exact) mass is 349 g/mol. The molecule has 0 N–H and O–H groups in total. The van der Waals surface area contributed by atoms with Crippen LogP contribution in [0.1, 0.15) is 12.8 Å². The van der Waals surface area contributed by atoms with Gasteiger partial charge in [-0.05, 0) is 42.6 Å². The number of rotatable bonds is 7. The van der Waals surface area contributed by atoms with Gasteiger partial charge in [0.05, 0.1) is 12.6 Å². The van der Waals surface area contributed by atoms with Gasteiger partial charge in [0.15, 0.2) is 0 Å². The van der Waals surface area contributed by atoms with Gasteiger partial charge in [-0.3, -0.25) is 0 Å². The van der Waals surface area contributed by atoms with Gasteiger partial charge in [-0.1, -0.05) is 32.9 Å². The van der Waals surface area contributed by atoms with E-state index in [-0.39, 0.29) is 12.6 Å². The van der Waals surface area contributed by atoms with Crippen LogP contribution in [0.4, 0.5) is 0 Å². The van der Waals surface area contributed by atoms with Crippen LogP contribution >= 0.6 is 15.9 Å². The topological polar surface area (TPSA) is 67.2 Å². The number of nitrogens with zero attached hydrogens (tertiary/aromatic N) is 3. The molecule has 0 bridgehead atoms. The summed E-state index contributed by atoms with van der Waals surface area (Å²) in [7, 11) is 0. The lowest BCUT2D eigenvalue weighted by molar-refractivity contribution is 0.0454. The molecule has 0 amide bonds. The van der Waals surface area contributed by atoms with Gasteiger partial charge in [-0.25, -0.2) is 0 Å². The first-order valence-corrected chi connectivity index (χ1v) is 7.56. The Kier molecular flexibility index (Phi) is 6.42. The Morgan fingerprint density at radius 2 is 2.14 bits per heavy atom. The van der Waals surface area contributed by atoms with Crippen LogP contribution in [-0.2, 0) is 4.74 Å². The Balaban J connectivity index is 1.78. The number of halogens is 1. The smallest absolute Gasteiger partial charge is 0.119 e. The van der Waals surface area contributed by atoms with Gasteiger partial charge in [-0.2, -0.15) is 0 Å². The Morgan fingerprint density at radius 1 is 1.38 bits per heavy atom. The fourth-order valence-electron chi connectivity index (χ4n) is 1.57. The highest BCUT2D eigenvalue weighted by Crippen LogP contribution is 2.27. The highest BCUT2D eigenvalue weighted by molar-refractivity contribution is 9.10. The molecule has 0 aliphatic heterocycles. The standard InChI is InChI=1S/C15H16BrN3O2/c16-13-5-7-14(8-6-13)21-11-15(10-18-19-17)20-9-1-2-12-3-4-12/h5-8,12,15H,3-4,9-11H2. The number of hydrogen-bond donors (Lipinski definition) is 0. The van der Waals surface area contributed by atoms with Gasteiger partial charge in [-0.15, -0.1) is 0 Å². The molecule has 1 aromatic rings. The van der Waals surface area contributed by atoms with Gasteiger partial charge in [0.25, 0.3) is 0 Å². The zero-order chi connectivity index (χ0) is 14.9. The normalized spacial score (nSPS) is 14.5. The molecule has 1 aromatic carbocycles. The minimum atomic E-state index is -0.293. The van der Waals surface area contributed by atoms with Gasteiger partial charge < -0.3 is 9.47 Å². The second-order valence-electron chi connectivity index (χ2n) is 4.71. The van der Waals surface area contributed by atoms with E-state index < -0.39 is 0 Å². The second-order valence-corrected chi connectivity index (χ2v) is 5.62. The van der Waals surface area contributed by atoms with E-state index in [2.05, 4.69) is 37.8 Å². The predicted molar refractivity (Wildman–Crippen MR) is 83.9 cm³/mol. The fraction of sp³-hybridized carbons (Fsp3) is 0.467. The molecule has 1 unspecified atom stereocenters. The van der Waals surface area contributed by atoms with Crippen molar-refractivity contribution in [3.63, 3.8) is 0 Å². The summed E-state index contributed by atoms with van der Waals surface area (Å²) in [5, 5.41) is 3.54. The largest absolute Gasteiger partial charge is 0.491 e. The Bertz CT molecular complexity index is 555. The minimum Gasteiger partial charge on any atom is -0.491 e. The van der Waals surface area contributed by atoms with Crippen LogP contribution in [-0.4, -0.2) is 25.9 Å². The van der Waals surface area contributed by atoms with Crippen LogP contribution in [0.3, 0.4) is 0 Å². The first-order valence-electron chi connectivity index (χ1n) is 6.77. The van der Waals surface area contributed by atoms with Gasteiger partial charge in [0.1, 0.15) is 19.0 Å². The summed E-state index contributed by atoms with van der Waals surface area (Å²) in [6.45, 7) is 0.899. The number of ether oxygens (including phenoxy) is 2. The second kappa shape index (κ2) is 8.58. The van der Waals surface area contributed by atoms with Crippen LogP contribution in [0.5, 0.6) is 5.75 Å². The zero-order valence-corrected chi connectivity index (χ0v) is 13.1. The summed E-state index contributed by atoms with van der Waals surface area (Å²) in [5.74, 6) is 7.42. The van der Waals surface area contributed by atoms with Crippen molar-refractivity contribution in [2.75, 3.05) is 19.8 Å². The van der Waals surface area contributed by atoms with E-state index in [4.69, 9.17) is 15.0 Å². The lowest BCUT2D eigenvalue weighted by Crippen LogP contribution is -2.25. The summed E-state index contributed by atoms with van der Waals surface area (Å²) in [6.07, 6.45) is 2.10. The average molecular weight is 350 g/mol. The number of hydrogen-bond acceptors (Lipinski definition) is 3. The van der Waals surface area contributed by atoms with Crippen LogP contribution in [0, 0.1) is 17.8 Å². The average Bonchev–Trinajstić information content (AvgIpc) is 3.31. The van der Waals surface area contributed by atoms with Crippen LogP contribution in [0.2, 0.25) is 0 Å². The Labute approximate surface area is 132 Å². The molecule has 1 aliphatic rings. The molecule has 0 radical (unpaired) electrons. The fourth-order valence-corrected chi connectivity index (χ4v) is 1.84. The maximum Gasteiger partial charge on any atom is 0.119 e. The lowest BCUT2D eigenvalue weighted by atomic mass is 10.3. The summed E-state index contributed by atoms with van der Waals surface area (Å²) in [5.41, 5.74) is 8.41. The molecule has 5 nitrogen and oxygen atoms in total. The molecule has 1 atom stereocenters. The molecule has 0 saturated heterocycles. The molecule has 1 aliphatic carbocycles. The van der Waals surface area contributed by atoms with E-state index in [1.807, 2.05) is 24.3 Å². The maximum atomic E-state index is 8.41. The van der Waals surface area contributed by atoms with E-state index in [1.165, 1.54) is 12.8 Å². The summed E-state index contributed by atoms with van der Waals surface area (Å²) < 4.78 is 12.2. The van der Waals surface area contributed by atoms with Crippen LogP contribution in [0.25, 0.3) is 10.4 Å². The van der Waals surface area contributed by atoms with Gasteiger partial charge >= 0.3 is 0 Å². The Morgan fingerprint density at radius 3 is 2.81 bits per heavy atom. The molecular weight excluding hydrogens is 334 g/mol. The van der Waals surface area contributed by atoms with E-state index in [0.29, 0.717) is 19.1 Å². The molecule has 6 heteroatoms. The van der Waals surface area contributed by atoms with Crippen molar-refractivity contribution >= 4 is 15.9 Å². The predicted octanol–water partition coefficient (Wildman–Crippen LogP) is 3.94. The molecule has 1 saturated carbocycles. The van der Waals surface area contributed by atoms with Crippen molar-refractivity contribution in [1.82, 2.24) is 0 Å². The van der Waals surface area contributed by atoms with Gasteiger partial charge in [0, 0.05) is 15.3 Å². The maximum absolute atomic E-state index is 8.41. The van der Waals surface area contributed by atoms with E-state index in [1.54, 1.807) is 0 Å². The van der Waals surface area contributed by atoms with Crippen LogP contribution < -0.4 is 4.74 Å². The van der Waals surface area contributed by atoms with Crippen molar-refractivity contribution in [2.24, 2.45) is 11.0 Å². The summed E-state index contributed by atoms with van der Waals surface area (Å²) in [6, 6.07) is 7.53. The molecule has 110 valence electrons.